The highest BCUT2D eigenvalue weighted by molar-refractivity contribution is 5.87. The van der Waals surface area contributed by atoms with Crippen LogP contribution in [-0.4, -0.2) is 51.2 Å². The molecule has 0 heterocycles. The molecule has 7 heteroatoms. The molecular weight excluding hydrogens is 580 g/mol. The number of carbonyl (C=O) groups is 2. The van der Waals surface area contributed by atoms with Crippen molar-refractivity contribution in [1.29, 1.82) is 0 Å². The number of ether oxygens (including phenoxy) is 1. The zero-order valence-electron chi connectivity index (χ0n) is 28.1. The van der Waals surface area contributed by atoms with Gasteiger partial charge in [-0.3, -0.25) is 4.79 Å². The van der Waals surface area contributed by atoms with Crippen molar-refractivity contribution >= 4 is 18.0 Å². The van der Waals surface area contributed by atoms with Crippen molar-refractivity contribution in [3.8, 4) is 5.75 Å². The van der Waals surface area contributed by atoms with Gasteiger partial charge in [-0.1, -0.05) is 70.6 Å². The van der Waals surface area contributed by atoms with E-state index >= 15 is 0 Å². The first-order chi connectivity index (χ1) is 21.5. The third-order valence-electron chi connectivity index (χ3n) is 14.6. The topological polar surface area (TPSA) is 124 Å². The molecule has 0 saturated heterocycles. The van der Waals surface area contributed by atoms with Crippen LogP contribution in [0.4, 0.5) is 0 Å². The highest BCUT2D eigenvalue weighted by Crippen LogP contribution is 2.75. The number of carboxylic acid groups (broad SMARTS) is 1. The number of carboxylic acids is 1. The first-order valence-electron chi connectivity index (χ1n) is 17.2. The number of esters is 1. The van der Waals surface area contributed by atoms with E-state index in [1.807, 2.05) is 6.92 Å². The summed E-state index contributed by atoms with van der Waals surface area (Å²) in [5, 5.41) is 43.1. The minimum absolute atomic E-state index is 0.00510. The van der Waals surface area contributed by atoms with Crippen molar-refractivity contribution in [3.63, 3.8) is 0 Å². The van der Waals surface area contributed by atoms with Crippen LogP contribution < -0.4 is 0 Å². The number of rotatable bonds is 5. The van der Waals surface area contributed by atoms with E-state index in [2.05, 4.69) is 40.3 Å². The summed E-state index contributed by atoms with van der Waals surface area (Å²) in [5.41, 5.74) is 0.971. The second-order valence-corrected chi connectivity index (χ2v) is 16.4. The van der Waals surface area contributed by atoms with Crippen molar-refractivity contribution in [2.24, 2.45) is 50.7 Å². The number of aliphatic carboxylic acids is 1. The quantitative estimate of drug-likeness (QED) is 0.158. The number of phenols is 1. The van der Waals surface area contributed by atoms with E-state index in [9.17, 15) is 30.0 Å². The van der Waals surface area contributed by atoms with E-state index in [1.54, 1.807) is 30.3 Å². The van der Waals surface area contributed by atoms with Crippen molar-refractivity contribution in [3.05, 3.63) is 59.7 Å². The number of hydrogen-bond acceptors (Lipinski definition) is 6. The third kappa shape index (κ3) is 4.58. The molecule has 4 fully saturated rings. The molecule has 5 aliphatic rings. The molecular formula is C39H52O7. The number of fused-ring (bicyclic) bond motifs is 7. The van der Waals surface area contributed by atoms with Gasteiger partial charge >= 0.3 is 11.9 Å². The van der Waals surface area contributed by atoms with Crippen molar-refractivity contribution in [2.45, 2.75) is 98.2 Å². The third-order valence-corrected chi connectivity index (χ3v) is 14.6. The maximum Gasteiger partial charge on any atom is 0.330 e. The van der Waals surface area contributed by atoms with Crippen LogP contribution in [0.1, 0.15) is 91.5 Å². The molecule has 0 radical (unpaired) electrons. The molecule has 0 aromatic heterocycles. The SMILES string of the molecule is C=C1CC[C@]2(C(=O)O)CC[C@]3(C)C(=CC[C@@H]4[C@@]5(C)C[C@@H](O)[C@H](O)[C@@](C)(COC(=O)/C=C/c6ccc(O)cc6)[C@@H]5CC[C@]43C)[C@@H]2[C@H]1C. The lowest BCUT2D eigenvalue weighted by Crippen LogP contribution is -2.68. The number of allylic oxidation sites excluding steroid dienone is 3. The fraction of sp³-hybridized carbons (Fsp3) is 0.641. The Morgan fingerprint density at radius 3 is 2.39 bits per heavy atom. The molecule has 11 atom stereocenters. The van der Waals surface area contributed by atoms with E-state index in [0.717, 1.165) is 43.2 Å². The molecule has 0 unspecified atom stereocenters. The maximum atomic E-state index is 13.0. The van der Waals surface area contributed by atoms with Crippen LogP contribution in [0.15, 0.2) is 54.1 Å². The minimum Gasteiger partial charge on any atom is -0.508 e. The van der Waals surface area contributed by atoms with Gasteiger partial charge in [0.2, 0.25) is 0 Å². The van der Waals surface area contributed by atoms with E-state index in [0.29, 0.717) is 19.3 Å². The molecule has 1 aromatic rings. The number of aromatic hydroxyl groups is 1. The Labute approximate surface area is 273 Å². The second kappa shape index (κ2) is 11.1. The smallest absolute Gasteiger partial charge is 0.330 e. The van der Waals surface area contributed by atoms with Crippen LogP contribution in [0.2, 0.25) is 0 Å². The average molecular weight is 633 g/mol. The van der Waals surface area contributed by atoms with E-state index < -0.39 is 35.0 Å². The summed E-state index contributed by atoms with van der Waals surface area (Å²) < 4.78 is 5.80. The Morgan fingerprint density at radius 1 is 1.02 bits per heavy atom. The summed E-state index contributed by atoms with van der Waals surface area (Å²) >= 11 is 0. The summed E-state index contributed by atoms with van der Waals surface area (Å²) in [4.78, 5) is 25.8. The number of hydrogen-bond donors (Lipinski definition) is 4. The molecule has 7 nitrogen and oxygen atoms in total. The monoisotopic (exact) mass is 632 g/mol. The fourth-order valence-corrected chi connectivity index (χ4v) is 11.7. The predicted molar refractivity (Wildman–Crippen MR) is 176 cm³/mol. The van der Waals surface area contributed by atoms with Crippen LogP contribution in [0.3, 0.4) is 0 Å². The van der Waals surface area contributed by atoms with Crippen molar-refractivity contribution < 1.29 is 34.8 Å². The Kier molecular flexibility index (Phi) is 7.96. The Morgan fingerprint density at radius 2 is 1.72 bits per heavy atom. The summed E-state index contributed by atoms with van der Waals surface area (Å²) in [7, 11) is 0. The molecule has 1 aromatic carbocycles. The first kappa shape index (κ1) is 33.0. The lowest BCUT2D eigenvalue weighted by molar-refractivity contribution is -0.245. The molecule has 5 aliphatic carbocycles. The lowest BCUT2D eigenvalue weighted by atomic mass is 9.33. The largest absolute Gasteiger partial charge is 0.508 e. The lowest BCUT2D eigenvalue weighted by Gasteiger charge is -2.71. The number of carbonyl (C=O) groups excluding carboxylic acids is 1. The maximum absolute atomic E-state index is 13.0. The average Bonchev–Trinajstić information content (AvgIpc) is 3.00. The summed E-state index contributed by atoms with van der Waals surface area (Å²) in [6, 6.07) is 6.51. The summed E-state index contributed by atoms with van der Waals surface area (Å²) in [6.07, 6.45) is 9.28. The van der Waals surface area contributed by atoms with E-state index in [4.69, 9.17) is 4.74 Å². The van der Waals surface area contributed by atoms with Crippen molar-refractivity contribution in [1.82, 2.24) is 0 Å². The number of aliphatic hydroxyl groups excluding tert-OH is 2. The normalized spacial score (nSPS) is 45.1. The minimum atomic E-state index is -1.03. The molecule has 0 spiro atoms. The molecule has 46 heavy (non-hydrogen) atoms. The standard InChI is InChI=1S/C39H52O7/c1-23-15-18-39(34(44)45)20-19-37(5)27(32(39)24(23)2)12-13-30-35(3)21-28(41)33(43)36(4,29(35)16-17-38(30,37)6)22-46-31(42)14-9-25-7-10-26(40)11-8-25/h7-12,14,24,28-30,32-33,40-41,43H,1,13,15-22H2,2-6H3,(H,44,45)/b14-9+/t24-,28+,29+,30+,32-,33-,35-,36-,37+,38+,39-/m0/s1. The highest BCUT2D eigenvalue weighted by atomic mass is 16.5. The van der Waals surface area contributed by atoms with Gasteiger partial charge in [0.15, 0.2) is 0 Å². The molecule has 4 N–H and O–H groups in total. The van der Waals surface area contributed by atoms with Crippen LogP contribution in [0.5, 0.6) is 5.75 Å². The summed E-state index contributed by atoms with van der Waals surface area (Å²) in [6.45, 7) is 15.6. The number of phenolic OH excluding ortho intramolecular Hbond substituents is 1. The van der Waals surface area contributed by atoms with Crippen molar-refractivity contribution in [2.75, 3.05) is 6.61 Å². The van der Waals surface area contributed by atoms with Crippen LogP contribution in [0, 0.1) is 50.7 Å². The Hall–Kier alpha value is -2.90. The first-order valence-corrected chi connectivity index (χ1v) is 17.2. The zero-order valence-corrected chi connectivity index (χ0v) is 28.1. The highest BCUT2D eigenvalue weighted by Gasteiger charge is 2.70. The molecule has 250 valence electrons. The zero-order chi connectivity index (χ0) is 33.4. The van der Waals surface area contributed by atoms with Gasteiger partial charge in [0.05, 0.1) is 24.2 Å². The van der Waals surface area contributed by atoms with Gasteiger partial charge in [-0.05, 0) is 109 Å². The van der Waals surface area contributed by atoms with Gasteiger partial charge in [-0.25, -0.2) is 4.79 Å². The van der Waals surface area contributed by atoms with Gasteiger partial charge in [0.1, 0.15) is 5.75 Å². The molecule has 4 saturated carbocycles. The van der Waals surface area contributed by atoms with Gasteiger partial charge in [0.25, 0.3) is 0 Å². The molecule has 0 amide bonds. The second-order valence-electron chi connectivity index (χ2n) is 16.4. The van der Waals surface area contributed by atoms with Gasteiger partial charge < -0.3 is 25.2 Å². The fourth-order valence-electron chi connectivity index (χ4n) is 11.7. The molecule has 6 rings (SSSR count). The van der Waals surface area contributed by atoms with Crippen LogP contribution in [0.25, 0.3) is 6.08 Å². The van der Waals surface area contributed by atoms with Gasteiger partial charge in [-0.15, -0.1) is 0 Å². The van der Waals surface area contributed by atoms with E-state index in [-0.39, 0.29) is 52.3 Å². The van der Waals surface area contributed by atoms with E-state index in [1.165, 1.54) is 11.6 Å². The van der Waals surface area contributed by atoms with Gasteiger partial charge in [0, 0.05) is 17.4 Å². The number of benzene rings is 1. The molecule has 0 bridgehead atoms. The van der Waals surface area contributed by atoms with Crippen LogP contribution >= 0.6 is 0 Å². The Bertz CT molecular complexity index is 1480. The number of aliphatic hydroxyl groups is 2. The predicted octanol–water partition coefficient (Wildman–Crippen LogP) is 6.92. The Balaban J connectivity index is 1.31. The molecule has 0 aliphatic heterocycles. The summed E-state index contributed by atoms with van der Waals surface area (Å²) in [5.74, 6) is -0.780. The van der Waals surface area contributed by atoms with Gasteiger partial charge in [-0.2, -0.15) is 0 Å². The van der Waals surface area contributed by atoms with Crippen LogP contribution in [-0.2, 0) is 14.3 Å².